The SMILES string of the molecule is COc1ccc(-c2ccc(N3CCN(C(=O)CN(Cc4ccc(F)cc4)C(=O)c4ccc5c(c4)OCO5)CC3)nn2)c(OC)c1. The van der Waals surface area contributed by atoms with Crippen LogP contribution in [0.15, 0.2) is 72.8 Å². The number of carbonyl (C=O) groups is 2. The molecule has 12 heteroatoms. The Morgan fingerprint density at radius 3 is 2.36 bits per heavy atom. The van der Waals surface area contributed by atoms with Crippen molar-refractivity contribution in [1.29, 1.82) is 0 Å². The summed E-state index contributed by atoms with van der Waals surface area (Å²) in [6, 6.07) is 20.1. The van der Waals surface area contributed by atoms with Crippen molar-refractivity contribution in [3.63, 3.8) is 0 Å². The van der Waals surface area contributed by atoms with Gasteiger partial charge in [0.2, 0.25) is 12.7 Å². The molecule has 11 nitrogen and oxygen atoms in total. The van der Waals surface area contributed by atoms with Crippen molar-refractivity contribution in [3.8, 4) is 34.3 Å². The molecule has 3 heterocycles. The Morgan fingerprint density at radius 1 is 0.867 bits per heavy atom. The molecule has 0 N–H and O–H groups in total. The van der Waals surface area contributed by atoms with Gasteiger partial charge < -0.3 is 33.6 Å². The molecule has 3 aromatic carbocycles. The van der Waals surface area contributed by atoms with E-state index in [0.29, 0.717) is 71.8 Å². The summed E-state index contributed by atoms with van der Waals surface area (Å²) in [7, 11) is 3.19. The second-order valence-corrected chi connectivity index (χ2v) is 10.6. The summed E-state index contributed by atoms with van der Waals surface area (Å²) >= 11 is 0. The van der Waals surface area contributed by atoms with Gasteiger partial charge in [-0.05, 0) is 60.2 Å². The zero-order valence-electron chi connectivity index (χ0n) is 24.9. The van der Waals surface area contributed by atoms with Crippen LogP contribution in [0.4, 0.5) is 10.2 Å². The van der Waals surface area contributed by atoms with E-state index < -0.39 is 0 Å². The zero-order valence-corrected chi connectivity index (χ0v) is 24.9. The van der Waals surface area contributed by atoms with Gasteiger partial charge in [0.05, 0.1) is 19.9 Å². The lowest BCUT2D eigenvalue weighted by atomic mass is 10.1. The van der Waals surface area contributed by atoms with E-state index in [-0.39, 0.29) is 37.5 Å². The summed E-state index contributed by atoms with van der Waals surface area (Å²) in [4.78, 5) is 32.4. The maximum absolute atomic E-state index is 13.6. The highest BCUT2D eigenvalue weighted by atomic mass is 19.1. The fourth-order valence-corrected chi connectivity index (χ4v) is 5.32. The Morgan fingerprint density at radius 2 is 1.64 bits per heavy atom. The van der Waals surface area contributed by atoms with Crippen LogP contribution in [0.2, 0.25) is 0 Å². The predicted molar refractivity (Wildman–Crippen MR) is 163 cm³/mol. The van der Waals surface area contributed by atoms with Crippen LogP contribution >= 0.6 is 0 Å². The molecule has 1 saturated heterocycles. The summed E-state index contributed by atoms with van der Waals surface area (Å²) in [5.74, 6) is 2.16. The third-order valence-electron chi connectivity index (χ3n) is 7.81. The number of fused-ring (bicyclic) bond motifs is 1. The first-order chi connectivity index (χ1) is 21.9. The summed E-state index contributed by atoms with van der Waals surface area (Å²) in [6.07, 6.45) is 0. The lowest BCUT2D eigenvalue weighted by molar-refractivity contribution is -0.132. The van der Waals surface area contributed by atoms with Gasteiger partial charge in [0, 0.05) is 49.9 Å². The number of hydrogen-bond donors (Lipinski definition) is 0. The molecule has 232 valence electrons. The van der Waals surface area contributed by atoms with Gasteiger partial charge in [0.15, 0.2) is 17.3 Å². The fourth-order valence-electron chi connectivity index (χ4n) is 5.32. The molecule has 6 rings (SSSR count). The van der Waals surface area contributed by atoms with E-state index in [2.05, 4.69) is 15.1 Å². The van der Waals surface area contributed by atoms with Gasteiger partial charge in [-0.15, -0.1) is 10.2 Å². The van der Waals surface area contributed by atoms with Crippen LogP contribution in [-0.4, -0.2) is 85.5 Å². The van der Waals surface area contributed by atoms with Crippen molar-refractivity contribution in [1.82, 2.24) is 20.0 Å². The number of carbonyl (C=O) groups excluding carboxylic acids is 2. The molecule has 2 amide bonds. The minimum absolute atomic E-state index is 0.0872. The maximum Gasteiger partial charge on any atom is 0.254 e. The first-order valence-electron chi connectivity index (χ1n) is 14.4. The molecule has 45 heavy (non-hydrogen) atoms. The van der Waals surface area contributed by atoms with E-state index in [1.165, 1.54) is 17.0 Å². The molecule has 2 aliphatic heterocycles. The quantitative estimate of drug-likeness (QED) is 0.277. The minimum Gasteiger partial charge on any atom is -0.497 e. The molecule has 0 aliphatic carbocycles. The molecular formula is C33H32FN5O6. The standard InChI is InChI=1S/C33H32FN5O6/c1-42-25-8-9-26(29(18-25)43-2)27-10-12-31(36-35-27)37-13-15-38(16-14-37)32(40)20-39(19-22-3-6-24(34)7-4-22)33(41)23-5-11-28-30(17-23)45-21-44-28/h3-12,17-18H,13-16,19-21H2,1-2H3. The Labute approximate surface area is 259 Å². The van der Waals surface area contributed by atoms with Gasteiger partial charge in [-0.3, -0.25) is 9.59 Å². The average molecular weight is 614 g/mol. The van der Waals surface area contributed by atoms with Crippen LogP contribution < -0.4 is 23.8 Å². The van der Waals surface area contributed by atoms with Crippen molar-refractivity contribution in [2.24, 2.45) is 0 Å². The van der Waals surface area contributed by atoms with Crippen molar-refractivity contribution in [2.45, 2.75) is 6.54 Å². The van der Waals surface area contributed by atoms with Crippen LogP contribution in [0.3, 0.4) is 0 Å². The smallest absolute Gasteiger partial charge is 0.254 e. The number of benzene rings is 3. The number of nitrogens with zero attached hydrogens (tertiary/aromatic N) is 5. The van der Waals surface area contributed by atoms with Gasteiger partial charge in [-0.1, -0.05) is 12.1 Å². The molecule has 0 saturated carbocycles. The van der Waals surface area contributed by atoms with Crippen molar-refractivity contribution < 1.29 is 32.9 Å². The van der Waals surface area contributed by atoms with Crippen LogP contribution in [0.5, 0.6) is 23.0 Å². The highest BCUT2D eigenvalue weighted by molar-refractivity contribution is 5.97. The van der Waals surface area contributed by atoms with Gasteiger partial charge in [-0.25, -0.2) is 4.39 Å². The number of ether oxygens (including phenoxy) is 4. The molecule has 4 aromatic rings. The van der Waals surface area contributed by atoms with E-state index in [0.717, 1.165) is 5.56 Å². The number of aromatic nitrogens is 2. The van der Waals surface area contributed by atoms with Gasteiger partial charge >= 0.3 is 0 Å². The number of rotatable bonds is 9. The molecule has 0 unspecified atom stereocenters. The monoisotopic (exact) mass is 613 g/mol. The van der Waals surface area contributed by atoms with Crippen molar-refractivity contribution in [3.05, 3.63) is 89.7 Å². The second kappa shape index (κ2) is 13.1. The molecule has 0 atom stereocenters. The number of hydrogen-bond acceptors (Lipinski definition) is 9. The molecule has 0 radical (unpaired) electrons. The minimum atomic E-state index is -0.374. The largest absolute Gasteiger partial charge is 0.497 e. The van der Waals surface area contributed by atoms with E-state index >= 15 is 0 Å². The van der Waals surface area contributed by atoms with Gasteiger partial charge in [0.1, 0.15) is 23.9 Å². The third-order valence-corrected chi connectivity index (χ3v) is 7.81. The maximum atomic E-state index is 13.6. The molecule has 2 aliphatic rings. The predicted octanol–water partition coefficient (Wildman–Crippen LogP) is 4.02. The molecule has 1 fully saturated rings. The number of methoxy groups -OCH3 is 2. The summed E-state index contributed by atoms with van der Waals surface area (Å²) < 4.78 is 35.1. The molecule has 1 aromatic heterocycles. The third kappa shape index (κ3) is 6.59. The number of anilines is 1. The topological polar surface area (TPSA) is 107 Å². The van der Waals surface area contributed by atoms with E-state index in [9.17, 15) is 14.0 Å². The summed E-state index contributed by atoms with van der Waals surface area (Å²) in [6.45, 7) is 2.11. The highest BCUT2D eigenvalue weighted by Crippen LogP contribution is 2.34. The van der Waals surface area contributed by atoms with Crippen molar-refractivity contribution in [2.75, 3.05) is 58.6 Å². The summed E-state index contributed by atoms with van der Waals surface area (Å²) in [5, 5.41) is 8.86. The Kier molecular flexibility index (Phi) is 8.63. The number of amides is 2. The average Bonchev–Trinajstić information content (AvgIpc) is 3.56. The Balaban J connectivity index is 1.11. The lowest BCUT2D eigenvalue weighted by Gasteiger charge is -2.36. The van der Waals surface area contributed by atoms with Crippen LogP contribution in [0, 0.1) is 5.82 Å². The first-order valence-corrected chi connectivity index (χ1v) is 14.4. The second-order valence-electron chi connectivity index (χ2n) is 10.6. The van der Waals surface area contributed by atoms with E-state index in [4.69, 9.17) is 18.9 Å². The number of halogens is 1. The lowest BCUT2D eigenvalue weighted by Crippen LogP contribution is -2.52. The fraction of sp³-hybridized carbons (Fsp3) is 0.273. The van der Waals surface area contributed by atoms with Crippen LogP contribution in [0.1, 0.15) is 15.9 Å². The Hall–Kier alpha value is -5.39. The first kappa shape index (κ1) is 29.7. The van der Waals surface area contributed by atoms with Crippen LogP contribution in [0.25, 0.3) is 11.3 Å². The molecule has 0 bridgehead atoms. The van der Waals surface area contributed by atoms with Crippen molar-refractivity contribution >= 4 is 17.6 Å². The van der Waals surface area contributed by atoms with Gasteiger partial charge in [-0.2, -0.15) is 0 Å². The van der Waals surface area contributed by atoms with E-state index in [1.54, 1.807) is 55.5 Å². The molecular weight excluding hydrogens is 581 g/mol. The van der Waals surface area contributed by atoms with Crippen LogP contribution in [-0.2, 0) is 11.3 Å². The molecule has 0 spiro atoms. The Bertz CT molecular complexity index is 1680. The zero-order chi connectivity index (χ0) is 31.3. The normalized spacial score (nSPS) is 13.8. The van der Waals surface area contributed by atoms with Gasteiger partial charge in [0.25, 0.3) is 5.91 Å². The highest BCUT2D eigenvalue weighted by Gasteiger charge is 2.27. The summed E-state index contributed by atoms with van der Waals surface area (Å²) in [5.41, 5.74) is 2.54. The van der Waals surface area contributed by atoms with E-state index in [1.807, 2.05) is 24.3 Å². The number of piperazine rings is 1.